The maximum Gasteiger partial charge on any atom is -0.0150 e. The van der Waals surface area contributed by atoms with Gasteiger partial charge in [0.15, 0.2) is 0 Å². The third-order valence-corrected chi connectivity index (χ3v) is 5.61. The van der Waals surface area contributed by atoms with Crippen LogP contribution in [0.4, 0.5) is 0 Å². The van der Waals surface area contributed by atoms with Crippen molar-refractivity contribution in [1.82, 2.24) is 0 Å². The summed E-state index contributed by atoms with van der Waals surface area (Å²) < 4.78 is 0. The van der Waals surface area contributed by atoms with Crippen LogP contribution in [0.5, 0.6) is 0 Å². The molecule has 0 amide bonds. The fraction of sp³-hybridized carbons (Fsp3) is 0.308. The highest BCUT2D eigenvalue weighted by atomic mass is 14.3. The van der Waals surface area contributed by atoms with E-state index < -0.39 is 0 Å². The molecule has 0 N–H and O–H groups in total. The van der Waals surface area contributed by atoms with Gasteiger partial charge in [-0.15, -0.1) is 0 Å². The molecule has 3 aromatic carbocycles. The molecule has 0 spiro atoms. The average Bonchev–Trinajstić information content (AvgIpc) is 2.73. The fourth-order valence-electron chi connectivity index (χ4n) is 4.05. The molecular formula is C26H30. The molecule has 3 atom stereocenters. The van der Waals surface area contributed by atoms with Gasteiger partial charge in [0.1, 0.15) is 0 Å². The Morgan fingerprint density at radius 3 is 1.42 bits per heavy atom. The Hall–Kier alpha value is -2.34. The minimum atomic E-state index is 0.565. The van der Waals surface area contributed by atoms with Crippen molar-refractivity contribution in [2.45, 2.75) is 50.9 Å². The molecule has 0 bridgehead atoms. The van der Waals surface area contributed by atoms with Crippen LogP contribution in [0, 0.1) is 0 Å². The summed E-state index contributed by atoms with van der Waals surface area (Å²) in [5.41, 5.74) is 4.40. The van der Waals surface area contributed by atoms with Crippen LogP contribution < -0.4 is 0 Å². The Labute approximate surface area is 158 Å². The lowest BCUT2D eigenvalue weighted by Gasteiger charge is -2.26. The number of rotatable bonds is 8. The molecule has 0 nitrogen and oxygen atoms in total. The highest BCUT2D eigenvalue weighted by Gasteiger charge is 2.21. The second-order valence-electron chi connectivity index (χ2n) is 7.41. The Bertz CT molecular complexity index is 746. The van der Waals surface area contributed by atoms with E-state index in [2.05, 4.69) is 105 Å². The van der Waals surface area contributed by atoms with Gasteiger partial charge in [-0.25, -0.2) is 0 Å². The quantitative estimate of drug-likeness (QED) is 0.396. The van der Waals surface area contributed by atoms with Gasteiger partial charge in [-0.3, -0.25) is 0 Å². The predicted molar refractivity (Wildman–Crippen MR) is 113 cm³/mol. The van der Waals surface area contributed by atoms with Gasteiger partial charge in [0, 0.05) is 0 Å². The highest BCUT2D eigenvalue weighted by Crippen LogP contribution is 2.38. The van der Waals surface area contributed by atoms with Gasteiger partial charge in [-0.1, -0.05) is 105 Å². The zero-order valence-electron chi connectivity index (χ0n) is 16.0. The van der Waals surface area contributed by atoms with E-state index >= 15 is 0 Å². The first kappa shape index (κ1) is 18.5. The first-order valence-corrected chi connectivity index (χ1v) is 9.92. The molecule has 0 saturated heterocycles. The smallest absolute Gasteiger partial charge is 0.0150 e. The van der Waals surface area contributed by atoms with E-state index in [-0.39, 0.29) is 0 Å². The van der Waals surface area contributed by atoms with Crippen molar-refractivity contribution in [1.29, 1.82) is 0 Å². The molecule has 0 fully saturated rings. The van der Waals surface area contributed by atoms with Crippen molar-refractivity contribution in [3.63, 3.8) is 0 Å². The van der Waals surface area contributed by atoms with Crippen LogP contribution in [0.25, 0.3) is 0 Å². The monoisotopic (exact) mass is 342 g/mol. The highest BCUT2D eigenvalue weighted by molar-refractivity contribution is 5.26. The lowest BCUT2D eigenvalue weighted by molar-refractivity contribution is 0.467. The molecule has 0 aliphatic carbocycles. The summed E-state index contributed by atoms with van der Waals surface area (Å²) in [5.74, 6) is 1.76. The van der Waals surface area contributed by atoms with Crippen LogP contribution in [0.3, 0.4) is 0 Å². The molecule has 0 radical (unpaired) electrons. The maximum absolute atomic E-state index is 2.37. The van der Waals surface area contributed by atoms with Crippen LogP contribution in [0.1, 0.15) is 67.6 Å². The molecule has 2 unspecified atom stereocenters. The minimum absolute atomic E-state index is 0.565. The molecular weight excluding hydrogens is 312 g/mol. The van der Waals surface area contributed by atoms with Gasteiger partial charge >= 0.3 is 0 Å². The van der Waals surface area contributed by atoms with Crippen molar-refractivity contribution < 1.29 is 0 Å². The largest absolute Gasteiger partial charge is 0.0648 e. The minimum Gasteiger partial charge on any atom is -0.0648 e. The first-order chi connectivity index (χ1) is 12.8. The zero-order chi connectivity index (χ0) is 18.2. The first-order valence-electron chi connectivity index (χ1n) is 9.92. The molecule has 0 heteroatoms. The molecule has 26 heavy (non-hydrogen) atoms. The average molecular weight is 343 g/mol. The van der Waals surface area contributed by atoms with Gasteiger partial charge in [-0.2, -0.15) is 0 Å². The topological polar surface area (TPSA) is 0 Å². The molecule has 0 saturated carbocycles. The lowest BCUT2D eigenvalue weighted by Crippen LogP contribution is -2.10. The van der Waals surface area contributed by atoms with Crippen molar-refractivity contribution in [2.24, 2.45) is 0 Å². The van der Waals surface area contributed by atoms with Gasteiger partial charge in [-0.05, 0) is 53.7 Å². The Morgan fingerprint density at radius 2 is 0.962 bits per heavy atom. The SMILES string of the molecule is CCC(CC(C[C@H](C)c1ccccc1)c1ccccc1)c1ccccc1. The van der Waals surface area contributed by atoms with E-state index in [0.717, 1.165) is 0 Å². The lowest BCUT2D eigenvalue weighted by atomic mass is 9.78. The van der Waals surface area contributed by atoms with Crippen molar-refractivity contribution in [3.8, 4) is 0 Å². The van der Waals surface area contributed by atoms with E-state index in [4.69, 9.17) is 0 Å². The van der Waals surface area contributed by atoms with Crippen LogP contribution in [-0.2, 0) is 0 Å². The summed E-state index contributed by atoms with van der Waals surface area (Å²) in [4.78, 5) is 0. The second kappa shape index (κ2) is 9.38. The molecule has 0 aromatic heterocycles. The van der Waals surface area contributed by atoms with E-state index in [1.165, 1.54) is 36.0 Å². The third kappa shape index (κ3) is 4.85. The van der Waals surface area contributed by atoms with Gasteiger partial charge in [0.25, 0.3) is 0 Å². The summed E-state index contributed by atoms with van der Waals surface area (Å²) in [6.45, 7) is 4.69. The van der Waals surface area contributed by atoms with Crippen LogP contribution in [0.15, 0.2) is 91.0 Å². The summed E-state index contributed by atoms with van der Waals surface area (Å²) in [7, 11) is 0. The van der Waals surface area contributed by atoms with Crippen LogP contribution >= 0.6 is 0 Å². The Balaban J connectivity index is 1.82. The summed E-state index contributed by atoms with van der Waals surface area (Å²) in [6.07, 6.45) is 3.59. The van der Waals surface area contributed by atoms with Crippen molar-refractivity contribution in [3.05, 3.63) is 108 Å². The molecule has 3 rings (SSSR count). The van der Waals surface area contributed by atoms with E-state index in [0.29, 0.717) is 17.8 Å². The number of benzene rings is 3. The third-order valence-electron chi connectivity index (χ3n) is 5.61. The second-order valence-corrected chi connectivity index (χ2v) is 7.41. The molecule has 134 valence electrons. The molecule has 0 heterocycles. The molecule has 0 aliphatic rings. The Kier molecular flexibility index (Phi) is 6.66. The zero-order valence-corrected chi connectivity index (χ0v) is 16.0. The van der Waals surface area contributed by atoms with Crippen molar-refractivity contribution in [2.75, 3.05) is 0 Å². The van der Waals surface area contributed by atoms with E-state index in [1.54, 1.807) is 0 Å². The fourth-order valence-corrected chi connectivity index (χ4v) is 4.05. The van der Waals surface area contributed by atoms with Gasteiger partial charge in [0.05, 0.1) is 0 Å². The normalized spacial score (nSPS) is 14.5. The van der Waals surface area contributed by atoms with Crippen LogP contribution in [0.2, 0.25) is 0 Å². The van der Waals surface area contributed by atoms with E-state index in [9.17, 15) is 0 Å². The summed E-state index contributed by atoms with van der Waals surface area (Å²) in [6, 6.07) is 33.1. The van der Waals surface area contributed by atoms with Crippen molar-refractivity contribution >= 4 is 0 Å². The van der Waals surface area contributed by atoms with Gasteiger partial charge in [0.2, 0.25) is 0 Å². The predicted octanol–water partition coefficient (Wildman–Crippen LogP) is 7.55. The molecule has 0 aliphatic heterocycles. The van der Waals surface area contributed by atoms with E-state index in [1.807, 2.05) is 0 Å². The number of hydrogen-bond acceptors (Lipinski definition) is 0. The Morgan fingerprint density at radius 1 is 0.538 bits per heavy atom. The van der Waals surface area contributed by atoms with Crippen LogP contribution in [-0.4, -0.2) is 0 Å². The standard InChI is InChI=1S/C26H30/c1-3-22(24-15-9-5-10-16-24)20-26(25-17-11-6-12-18-25)19-21(2)23-13-7-4-8-14-23/h4-18,21-22,26H,3,19-20H2,1-2H3/t21-,22?,26?/m0/s1. The van der Waals surface area contributed by atoms with Gasteiger partial charge < -0.3 is 0 Å². The summed E-state index contributed by atoms with van der Waals surface area (Å²) in [5, 5.41) is 0. The summed E-state index contributed by atoms with van der Waals surface area (Å²) >= 11 is 0. The molecule has 3 aromatic rings. The number of hydrogen-bond donors (Lipinski definition) is 0. The maximum atomic E-state index is 2.37.